The molecule has 3 nitrogen and oxygen atoms in total. The molecule has 0 aromatic rings. The number of hydrogen-bond donors (Lipinski definition) is 0. The number of hydrogen-bond acceptors (Lipinski definition) is 3. The highest BCUT2D eigenvalue weighted by Gasteiger charge is 2.05. The lowest BCUT2D eigenvalue weighted by molar-refractivity contribution is -0.172. The van der Waals surface area contributed by atoms with Crippen LogP contribution in [0.1, 0.15) is 0 Å². The van der Waals surface area contributed by atoms with Crippen molar-refractivity contribution in [2.45, 2.75) is 0 Å². The number of nitrogens with zero attached hydrogens (tertiary/aromatic N) is 1. The summed E-state index contributed by atoms with van der Waals surface area (Å²) in [4.78, 5) is 14.9. The van der Waals surface area contributed by atoms with Gasteiger partial charge in [0.2, 0.25) is 0 Å². The summed E-state index contributed by atoms with van der Waals surface area (Å²) < 4.78 is 0. The van der Waals surface area contributed by atoms with Crippen LogP contribution in [0.3, 0.4) is 0 Å². The second kappa shape index (κ2) is 3.48. The Kier molecular flexibility index (Phi) is 3.27. The van der Waals surface area contributed by atoms with Crippen LogP contribution in [0.15, 0.2) is 11.6 Å². The van der Waals surface area contributed by atoms with Crippen molar-refractivity contribution < 1.29 is 9.63 Å². The van der Waals surface area contributed by atoms with E-state index < -0.39 is 5.97 Å². The fraction of sp³-hybridized carbons (Fsp3) is 0.400. The molecule has 0 aliphatic rings. The molecule has 4 heteroatoms. The third kappa shape index (κ3) is 4.00. The molecule has 0 aromatic carbocycles. The van der Waals surface area contributed by atoms with Gasteiger partial charge in [0.15, 0.2) is 0 Å². The minimum Gasteiger partial charge on any atom is -0.364 e. The molecule has 0 saturated heterocycles. The topological polar surface area (TPSA) is 29.5 Å². The zero-order valence-corrected chi connectivity index (χ0v) is 6.10. The Morgan fingerprint density at radius 3 is 2.22 bits per heavy atom. The van der Waals surface area contributed by atoms with Gasteiger partial charge in [0, 0.05) is 14.1 Å². The summed E-state index contributed by atoms with van der Waals surface area (Å²) in [6, 6.07) is 0. The van der Waals surface area contributed by atoms with Crippen LogP contribution in [-0.2, 0) is 9.63 Å². The molecule has 0 atom stereocenters. The number of carbonyl (C=O) groups excluding carboxylic acids is 1. The van der Waals surface area contributed by atoms with Crippen molar-refractivity contribution >= 4 is 17.6 Å². The van der Waals surface area contributed by atoms with Crippen molar-refractivity contribution in [3.63, 3.8) is 0 Å². The molecule has 0 spiro atoms. The van der Waals surface area contributed by atoms with Crippen molar-refractivity contribution in [1.29, 1.82) is 0 Å². The van der Waals surface area contributed by atoms with Gasteiger partial charge in [-0.25, -0.2) is 4.79 Å². The molecule has 0 saturated carbocycles. The highest BCUT2D eigenvalue weighted by atomic mass is 35.5. The predicted octanol–water partition coefficient (Wildman–Crippen LogP) is 0.759. The quantitative estimate of drug-likeness (QED) is 0.429. The van der Waals surface area contributed by atoms with Crippen LogP contribution in [-0.4, -0.2) is 25.1 Å². The van der Waals surface area contributed by atoms with Gasteiger partial charge in [-0.15, -0.1) is 5.06 Å². The first-order valence-corrected chi connectivity index (χ1v) is 2.66. The average molecular weight is 150 g/mol. The van der Waals surface area contributed by atoms with E-state index in [1.54, 1.807) is 14.1 Å². The summed E-state index contributed by atoms with van der Waals surface area (Å²) >= 11 is 5.18. The third-order valence-electron chi connectivity index (χ3n) is 0.487. The number of halogens is 1. The highest BCUT2D eigenvalue weighted by molar-refractivity contribution is 6.40. The Morgan fingerprint density at radius 2 is 2.11 bits per heavy atom. The average Bonchev–Trinajstić information content (AvgIpc) is 1.63. The molecule has 0 aromatic heterocycles. The van der Waals surface area contributed by atoms with Gasteiger partial charge in [-0.1, -0.05) is 18.2 Å². The summed E-state index contributed by atoms with van der Waals surface area (Å²) in [6.07, 6.45) is 0. The smallest absolute Gasteiger partial charge is 0.364 e. The molecule has 0 amide bonds. The Balaban J connectivity index is 3.65. The van der Waals surface area contributed by atoms with E-state index in [1.807, 2.05) is 0 Å². The molecular weight excluding hydrogens is 142 g/mol. The number of rotatable bonds is 2. The van der Waals surface area contributed by atoms with E-state index in [9.17, 15) is 4.79 Å². The molecular formula is C5H8ClNO2. The van der Waals surface area contributed by atoms with Crippen molar-refractivity contribution in [3.8, 4) is 0 Å². The molecule has 0 bridgehead atoms. The molecule has 0 rings (SSSR count). The van der Waals surface area contributed by atoms with E-state index in [2.05, 4.69) is 11.4 Å². The van der Waals surface area contributed by atoms with E-state index in [-0.39, 0.29) is 5.03 Å². The Bertz CT molecular complexity index is 133. The monoisotopic (exact) mass is 149 g/mol. The van der Waals surface area contributed by atoms with Gasteiger partial charge in [-0.05, 0) is 0 Å². The molecule has 52 valence electrons. The maximum atomic E-state index is 10.5. The molecule has 0 N–H and O–H groups in total. The summed E-state index contributed by atoms with van der Waals surface area (Å²) in [5.41, 5.74) is 0. The van der Waals surface area contributed by atoms with Crippen molar-refractivity contribution in [1.82, 2.24) is 5.06 Å². The number of hydroxylamine groups is 2. The first kappa shape index (κ1) is 8.46. The SMILES string of the molecule is C=C(Cl)C(=O)ON(C)C. The van der Waals surface area contributed by atoms with Gasteiger partial charge in [0.25, 0.3) is 0 Å². The van der Waals surface area contributed by atoms with Crippen LogP contribution in [0.5, 0.6) is 0 Å². The van der Waals surface area contributed by atoms with E-state index in [1.165, 1.54) is 5.06 Å². The lowest BCUT2D eigenvalue weighted by atomic mass is 10.7. The van der Waals surface area contributed by atoms with Crippen LogP contribution >= 0.6 is 11.6 Å². The van der Waals surface area contributed by atoms with Gasteiger partial charge in [0.1, 0.15) is 5.03 Å². The van der Waals surface area contributed by atoms with Crippen LogP contribution in [0.25, 0.3) is 0 Å². The fourth-order valence-corrected chi connectivity index (χ4v) is 0.250. The van der Waals surface area contributed by atoms with Gasteiger partial charge >= 0.3 is 5.97 Å². The highest BCUT2D eigenvalue weighted by Crippen LogP contribution is 1.99. The molecule has 0 aliphatic heterocycles. The largest absolute Gasteiger partial charge is 0.367 e. The maximum Gasteiger partial charge on any atom is 0.367 e. The molecule has 0 aliphatic carbocycles. The van der Waals surface area contributed by atoms with E-state index in [4.69, 9.17) is 11.6 Å². The molecule has 9 heavy (non-hydrogen) atoms. The summed E-state index contributed by atoms with van der Waals surface area (Å²) in [5.74, 6) is -0.623. The van der Waals surface area contributed by atoms with Crippen molar-refractivity contribution in [3.05, 3.63) is 11.6 Å². The van der Waals surface area contributed by atoms with Crippen LogP contribution in [0.4, 0.5) is 0 Å². The Morgan fingerprint density at radius 1 is 1.67 bits per heavy atom. The maximum absolute atomic E-state index is 10.5. The van der Waals surface area contributed by atoms with E-state index >= 15 is 0 Å². The first-order valence-electron chi connectivity index (χ1n) is 2.28. The van der Waals surface area contributed by atoms with Crippen LogP contribution in [0.2, 0.25) is 0 Å². The lowest BCUT2D eigenvalue weighted by Crippen LogP contribution is -2.17. The zero-order chi connectivity index (χ0) is 7.44. The Hall–Kier alpha value is -0.540. The third-order valence-corrected chi connectivity index (χ3v) is 0.641. The number of carbonyl (C=O) groups is 1. The molecule has 0 unspecified atom stereocenters. The normalized spacial score (nSPS) is 9.33. The van der Waals surface area contributed by atoms with Gasteiger partial charge < -0.3 is 4.84 Å². The molecule has 0 heterocycles. The lowest BCUT2D eigenvalue weighted by Gasteiger charge is -2.07. The minimum atomic E-state index is -0.623. The van der Waals surface area contributed by atoms with Crippen molar-refractivity contribution in [2.75, 3.05) is 14.1 Å². The van der Waals surface area contributed by atoms with Crippen LogP contribution < -0.4 is 0 Å². The minimum absolute atomic E-state index is 0.122. The molecule has 0 fully saturated rings. The van der Waals surface area contributed by atoms with Crippen molar-refractivity contribution in [2.24, 2.45) is 0 Å². The fourth-order valence-electron chi connectivity index (χ4n) is 0.215. The van der Waals surface area contributed by atoms with E-state index in [0.717, 1.165) is 0 Å². The second-order valence-corrected chi connectivity index (χ2v) is 2.05. The first-order chi connectivity index (χ1) is 4.04. The second-order valence-electron chi connectivity index (χ2n) is 1.60. The van der Waals surface area contributed by atoms with Gasteiger partial charge in [0.05, 0.1) is 0 Å². The predicted molar refractivity (Wildman–Crippen MR) is 34.8 cm³/mol. The summed E-state index contributed by atoms with van der Waals surface area (Å²) in [6.45, 7) is 3.17. The Labute approximate surface area is 58.8 Å². The van der Waals surface area contributed by atoms with Gasteiger partial charge in [-0.3, -0.25) is 0 Å². The molecule has 0 radical (unpaired) electrons. The zero-order valence-electron chi connectivity index (χ0n) is 5.35. The van der Waals surface area contributed by atoms with E-state index in [0.29, 0.717) is 0 Å². The van der Waals surface area contributed by atoms with Gasteiger partial charge in [-0.2, -0.15) is 0 Å². The summed E-state index contributed by atoms with van der Waals surface area (Å²) in [5, 5.41) is 1.12. The summed E-state index contributed by atoms with van der Waals surface area (Å²) in [7, 11) is 3.16. The standard InChI is InChI=1S/C5H8ClNO2/c1-4(6)5(8)9-7(2)3/h1H2,2-3H3. The van der Waals surface area contributed by atoms with Crippen LogP contribution in [0, 0.1) is 0 Å².